The minimum absolute atomic E-state index is 0.0565. The Morgan fingerprint density at radius 2 is 1.70 bits per heavy atom. The molecule has 0 bridgehead atoms. The van der Waals surface area contributed by atoms with E-state index < -0.39 is 6.10 Å². The number of rotatable bonds is 6. The van der Waals surface area contributed by atoms with E-state index in [2.05, 4.69) is 70.3 Å². The monoisotopic (exact) mass is 367 g/mol. The molecule has 0 aliphatic carbocycles. The Balaban J connectivity index is 2.05. The van der Waals surface area contributed by atoms with Crippen molar-refractivity contribution in [1.29, 1.82) is 0 Å². The van der Waals surface area contributed by atoms with Gasteiger partial charge in [-0.05, 0) is 61.4 Å². The molecule has 2 rings (SSSR count). The zero-order valence-corrected chi connectivity index (χ0v) is 17.7. The molecular formula is C24H33NO2. The van der Waals surface area contributed by atoms with E-state index >= 15 is 0 Å². The van der Waals surface area contributed by atoms with Crippen molar-refractivity contribution in [2.75, 3.05) is 0 Å². The third-order valence-corrected chi connectivity index (χ3v) is 4.91. The van der Waals surface area contributed by atoms with Crippen molar-refractivity contribution >= 4 is 5.91 Å². The molecule has 0 radical (unpaired) electrons. The number of ether oxygens (including phenoxy) is 1. The summed E-state index contributed by atoms with van der Waals surface area (Å²) in [6, 6.07) is 14.3. The number of nitrogens with one attached hydrogen (secondary N) is 1. The molecule has 0 aliphatic heterocycles. The van der Waals surface area contributed by atoms with Gasteiger partial charge in [-0.3, -0.25) is 4.79 Å². The first-order valence-electron chi connectivity index (χ1n) is 9.76. The number of carbonyl (C=O) groups is 1. The molecular weight excluding hydrogens is 334 g/mol. The van der Waals surface area contributed by atoms with Crippen LogP contribution in [0, 0.1) is 13.8 Å². The lowest BCUT2D eigenvalue weighted by Crippen LogP contribution is -2.39. The topological polar surface area (TPSA) is 38.3 Å². The van der Waals surface area contributed by atoms with Gasteiger partial charge in [0.05, 0.1) is 6.04 Å². The quantitative estimate of drug-likeness (QED) is 0.718. The van der Waals surface area contributed by atoms with Crippen LogP contribution in [0.5, 0.6) is 5.75 Å². The van der Waals surface area contributed by atoms with Crippen LogP contribution in [0.15, 0.2) is 42.5 Å². The average Bonchev–Trinajstić information content (AvgIpc) is 2.59. The SMILES string of the molecule is CC[C@H](Oc1ccc(C(C)(C)C)cc1)C(=O)N[C@@H](C)c1ccc(C)cc1C. The molecule has 0 saturated carbocycles. The molecule has 0 saturated heterocycles. The molecule has 0 unspecified atom stereocenters. The molecule has 0 fully saturated rings. The van der Waals surface area contributed by atoms with Crippen molar-refractivity contribution in [3.63, 3.8) is 0 Å². The predicted molar refractivity (Wildman–Crippen MR) is 112 cm³/mol. The normalized spacial score (nSPS) is 13.7. The van der Waals surface area contributed by atoms with Crippen molar-refractivity contribution in [1.82, 2.24) is 5.32 Å². The maximum absolute atomic E-state index is 12.7. The molecule has 27 heavy (non-hydrogen) atoms. The molecule has 2 aromatic carbocycles. The number of hydrogen-bond acceptors (Lipinski definition) is 2. The highest BCUT2D eigenvalue weighted by molar-refractivity contribution is 5.81. The van der Waals surface area contributed by atoms with Crippen molar-refractivity contribution in [2.45, 2.75) is 72.4 Å². The lowest BCUT2D eigenvalue weighted by atomic mass is 9.87. The van der Waals surface area contributed by atoms with Crippen LogP contribution in [-0.2, 0) is 10.2 Å². The second-order valence-electron chi connectivity index (χ2n) is 8.38. The second-order valence-corrected chi connectivity index (χ2v) is 8.38. The van der Waals surface area contributed by atoms with Gasteiger partial charge in [0.15, 0.2) is 6.10 Å². The summed E-state index contributed by atoms with van der Waals surface area (Å²) < 4.78 is 5.97. The summed E-state index contributed by atoms with van der Waals surface area (Å²) in [6.45, 7) is 14.7. The molecule has 3 heteroatoms. The largest absolute Gasteiger partial charge is 0.481 e. The van der Waals surface area contributed by atoms with Crippen molar-refractivity contribution < 1.29 is 9.53 Å². The summed E-state index contributed by atoms with van der Waals surface area (Å²) in [5, 5.41) is 3.10. The van der Waals surface area contributed by atoms with Crippen molar-refractivity contribution in [3.8, 4) is 5.75 Å². The minimum Gasteiger partial charge on any atom is -0.481 e. The average molecular weight is 368 g/mol. The van der Waals surface area contributed by atoms with Gasteiger partial charge in [0, 0.05) is 0 Å². The maximum atomic E-state index is 12.7. The fourth-order valence-electron chi connectivity index (χ4n) is 3.22. The van der Waals surface area contributed by atoms with E-state index in [1.54, 1.807) is 0 Å². The van der Waals surface area contributed by atoms with Crippen molar-refractivity contribution in [2.24, 2.45) is 0 Å². The number of aryl methyl sites for hydroxylation is 2. The third kappa shape index (κ3) is 5.59. The van der Waals surface area contributed by atoms with Crippen LogP contribution in [0.3, 0.4) is 0 Å². The Morgan fingerprint density at radius 1 is 1.07 bits per heavy atom. The van der Waals surface area contributed by atoms with E-state index in [0.717, 1.165) is 11.3 Å². The summed E-state index contributed by atoms with van der Waals surface area (Å²) in [5.41, 5.74) is 4.90. The Hall–Kier alpha value is -2.29. The van der Waals surface area contributed by atoms with Gasteiger partial charge in [0.2, 0.25) is 0 Å². The number of amides is 1. The Bertz CT molecular complexity index is 772. The van der Waals surface area contributed by atoms with E-state index in [9.17, 15) is 4.79 Å². The number of hydrogen-bond donors (Lipinski definition) is 1. The molecule has 0 aliphatic rings. The minimum atomic E-state index is -0.501. The van der Waals surface area contributed by atoms with Crippen LogP contribution in [-0.4, -0.2) is 12.0 Å². The van der Waals surface area contributed by atoms with E-state index in [4.69, 9.17) is 4.74 Å². The van der Waals surface area contributed by atoms with Gasteiger partial charge in [0.25, 0.3) is 5.91 Å². The van der Waals surface area contributed by atoms with Crippen LogP contribution in [0.25, 0.3) is 0 Å². The van der Waals surface area contributed by atoms with Gasteiger partial charge in [-0.1, -0.05) is 63.6 Å². The zero-order chi connectivity index (χ0) is 20.2. The number of benzene rings is 2. The standard InChI is InChI=1S/C24H33NO2/c1-8-22(27-20-12-10-19(11-13-20)24(5,6)7)23(26)25-18(4)21-14-9-16(2)15-17(21)3/h9-15,18,22H,8H2,1-7H3,(H,25,26)/t18-,22-/m0/s1. The van der Waals surface area contributed by atoms with Crippen LogP contribution in [0.4, 0.5) is 0 Å². The molecule has 0 heterocycles. The highest BCUT2D eigenvalue weighted by Gasteiger charge is 2.22. The Labute approximate surface area is 164 Å². The lowest BCUT2D eigenvalue weighted by molar-refractivity contribution is -0.128. The second kappa shape index (κ2) is 8.60. The molecule has 1 N–H and O–H groups in total. The highest BCUT2D eigenvalue weighted by atomic mass is 16.5. The smallest absolute Gasteiger partial charge is 0.261 e. The summed E-state index contributed by atoms with van der Waals surface area (Å²) in [6.07, 6.45) is 0.116. The molecule has 2 aromatic rings. The lowest BCUT2D eigenvalue weighted by Gasteiger charge is -2.23. The van der Waals surface area contributed by atoms with Gasteiger partial charge >= 0.3 is 0 Å². The Morgan fingerprint density at radius 3 is 2.22 bits per heavy atom. The van der Waals surface area contributed by atoms with Gasteiger partial charge in [-0.15, -0.1) is 0 Å². The van der Waals surface area contributed by atoms with Gasteiger partial charge in [0.1, 0.15) is 5.75 Å². The van der Waals surface area contributed by atoms with E-state index in [1.807, 2.05) is 26.0 Å². The molecule has 3 nitrogen and oxygen atoms in total. The highest BCUT2D eigenvalue weighted by Crippen LogP contribution is 2.25. The van der Waals surface area contributed by atoms with Crippen LogP contribution >= 0.6 is 0 Å². The molecule has 0 spiro atoms. The van der Waals surface area contributed by atoms with E-state index in [-0.39, 0.29) is 17.4 Å². The van der Waals surface area contributed by atoms with Gasteiger partial charge in [-0.25, -0.2) is 0 Å². The molecule has 1 amide bonds. The Kier molecular flexibility index (Phi) is 6.69. The van der Waals surface area contributed by atoms with Gasteiger partial charge in [-0.2, -0.15) is 0 Å². The van der Waals surface area contributed by atoms with E-state index in [1.165, 1.54) is 16.7 Å². The van der Waals surface area contributed by atoms with Crippen molar-refractivity contribution in [3.05, 3.63) is 64.7 Å². The summed E-state index contributed by atoms with van der Waals surface area (Å²) in [5.74, 6) is 0.647. The first-order chi connectivity index (χ1) is 12.6. The van der Waals surface area contributed by atoms with Crippen LogP contribution < -0.4 is 10.1 Å². The van der Waals surface area contributed by atoms with Gasteiger partial charge < -0.3 is 10.1 Å². The molecule has 146 valence electrons. The summed E-state index contributed by atoms with van der Waals surface area (Å²) in [7, 11) is 0. The third-order valence-electron chi connectivity index (χ3n) is 4.91. The maximum Gasteiger partial charge on any atom is 0.261 e. The first kappa shape index (κ1) is 21.0. The van der Waals surface area contributed by atoms with E-state index in [0.29, 0.717) is 6.42 Å². The molecule has 0 aromatic heterocycles. The van der Waals surface area contributed by atoms with Crippen LogP contribution in [0.1, 0.15) is 69.3 Å². The predicted octanol–water partition coefficient (Wildman–Crippen LogP) is 5.64. The summed E-state index contributed by atoms with van der Waals surface area (Å²) >= 11 is 0. The molecule has 2 atom stereocenters. The van der Waals surface area contributed by atoms with Crippen LogP contribution in [0.2, 0.25) is 0 Å². The fraction of sp³-hybridized carbons (Fsp3) is 0.458. The zero-order valence-electron chi connectivity index (χ0n) is 17.7. The fourth-order valence-corrected chi connectivity index (χ4v) is 3.22. The summed E-state index contributed by atoms with van der Waals surface area (Å²) in [4.78, 5) is 12.7. The number of carbonyl (C=O) groups excluding carboxylic acids is 1. The first-order valence-corrected chi connectivity index (χ1v) is 9.76.